The van der Waals surface area contributed by atoms with Crippen molar-refractivity contribution in [2.45, 2.75) is 13.0 Å². The van der Waals surface area contributed by atoms with Crippen LogP contribution in [0.5, 0.6) is 0 Å². The summed E-state index contributed by atoms with van der Waals surface area (Å²) in [5, 5.41) is 23.1. The summed E-state index contributed by atoms with van der Waals surface area (Å²) in [7, 11) is 0. The normalized spacial score (nSPS) is 19.4. The van der Waals surface area contributed by atoms with Gasteiger partial charge in [0.05, 0.1) is 11.5 Å². The van der Waals surface area contributed by atoms with Crippen molar-refractivity contribution in [1.29, 1.82) is 0 Å². The van der Waals surface area contributed by atoms with Crippen LogP contribution in [0.4, 0.5) is 5.69 Å². The Morgan fingerprint density at radius 3 is 3.00 bits per heavy atom. The molecule has 0 spiro atoms. The summed E-state index contributed by atoms with van der Waals surface area (Å²) in [6, 6.07) is 0. The van der Waals surface area contributed by atoms with Crippen molar-refractivity contribution < 1.29 is 19.6 Å². The van der Waals surface area contributed by atoms with Crippen molar-refractivity contribution in [3.63, 3.8) is 0 Å². The standard InChI is InChI=1S/C9H11N3O5/c13-9(14)8-7(12(15)16)4-11(10-8)3-6-1-2-17-5-6/h4,6H,1-3,5H2,(H,13,14). The number of nitro groups is 1. The molecule has 0 bridgehead atoms. The van der Waals surface area contributed by atoms with E-state index in [2.05, 4.69) is 5.10 Å². The minimum absolute atomic E-state index is 0.233. The number of carboxylic acid groups (broad SMARTS) is 1. The molecule has 1 N–H and O–H groups in total. The van der Waals surface area contributed by atoms with Gasteiger partial charge in [0.15, 0.2) is 0 Å². The molecule has 1 aromatic heterocycles. The molecule has 1 atom stereocenters. The average molecular weight is 241 g/mol. The largest absolute Gasteiger partial charge is 0.476 e. The number of hydrogen-bond acceptors (Lipinski definition) is 5. The summed E-state index contributed by atoms with van der Waals surface area (Å²) < 4.78 is 6.48. The molecule has 0 saturated carbocycles. The topological polar surface area (TPSA) is 107 Å². The van der Waals surface area contributed by atoms with Gasteiger partial charge in [-0.05, 0) is 6.42 Å². The molecule has 2 heterocycles. The lowest BCUT2D eigenvalue weighted by Crippen LogP contribution is -2.11. The lowest BCUT2D eigenvalue weighted by Gasteiger charge is -2.05. The zero-order valence-electron chi connectivity index (χ0n) is 8.90. The lowest BCUT2D eigenvalue weighted by molar-refractivity contribution is -0.385. The second kappa shape index (κ2) is 4.50. The minimum atomic E-state index is -1.39. The van der Waals surface area contributed by atoms with Crippen LogP contribution >= 0.6 is 0 Å². The van der Waals surface area contributed by atoms with E-state index in [1.165, 1.54) is 4.68 Å². The molecule has 1 unspecified atom stereocenters. The summed E-state index contributed by atoms with van der Waals surface area (Å²) in [5.41, 5.74) is -0.995. The van der Waals surface area contributed by atoms with Crippen LogP contribution in [0.25, 0.3) is 0 Å². The summed E-state index contributed by atoms with van der Waals surface area (Å²) in [5.74, 6) is -1.16. The number of ether oxygens (including phenoxy) is 1. The molecule has 0 amide bonds. The molecule has 17 heavy (non-hydrogen) atoms. The van der Waals surface area contributed by atoms with Gasteiger partial charge in [0.25, 0.3) is 0 Å². The highest BCUT2D eigenvalue weighted by molar-refractivity contribution is 5.89. The number of rotatable bonds is 4. The molecule has 2 rings (SSSR count). The molecule has 1 aliphatic heterocycles. The van der Waals surface area contributed by atoms with Gasteiger partial charge < -0.3 is 9.84 Å². The Balaban J connectivity index is 2.20. The third-order valence-electron chi connectivity index (χ3n) is 2.61. The maximum absolute atomic E-state index is 10.8. The quantitative estimate of drug-likeness (QED) is 0.608. The van der Waals surface area contributed by atoms with E-state index in [1.54, 1.807) is 0 Å². The van der Waals surface area contributed by atoms with E-state index >= 15 is 0 Å². The van der Waals surface area contributed by atoms with E-state index in [0.29, 0.717) is 19.8 Å². The van der Waals surface area contributed by atoms with Crippen LogP contribution < -0.4 is 0 Å². The summed E-state index contributed by atoms with van der Waals surface area (Å²) >= 11 is 0. The van der Waals surface area contributed by atoms with Gasteiger partial charge in [-0.1, -0.05) is 0 Å². The molecular formula is C9H11N3O5. The van der Waals surface area contributed by atoms with E-state index in [-0.39, 0.29) is 5.92 Å². The predicted molar refractivity (Wildman–Crippen MR) is 54.8 cm³/mol. The summed E-state index contributed by atoms with van der Waals surface area (Å²) in [4.78, 5) is 20.7. The van der Waals surface area contributed by atoms with Gasteiger partial charge >= 0.3 is 11.7 Å². The first-order valence-corrected chi connectivity index (χ1v) is 5.11. The molecule has 8 nitrogen and oxygen atoms in total. The molecule has 0 radical (unpaired) electrons. The molecule has 1 saturated heterocycles. The highest BCUT2D eigenvalue weighted by Gasteiger charge is 2.26. The SMILES string of the molecule is O=C(O)c1nn(CC2CCOC2)cc1[N+](=O)[O-]. The molecule has 0 aliphatic carbocycles. The van der Waals surface area contributed by atoms with Gasteiger partial charge in [0.1, 0.15) is 6.20 Å². The number of carboxylic acids is 1. The summed E-state index contributed by atoms with van der Waals surface area (Å²) in [6.45, 7) is 1.68. The van der Waals surface area contributed by atoms with Gasteiger partial charge in [0.2, 0.25) is 5.69 Å². The maximum Gasteiger partial charge on any atom is 0.363 e. The minimum Gasteiger partial charge on any atom is -0.476 e. The molecular weight excluding hydrogens is 230 g/mol. The van der Waals surface area contributed by atoms with Crippen molar-refractivity contribution in [2.75, 3.05) is 13.2 Å². The van der Waals surface area contributed by atoms with Crippen LogP contribution in [0.15, 0.2) is 6.20 Å². The van der Waals surface area contributed by atoms with Gasteiger partial charge in [-0.15, -0.1) is 0 Å². The number of nitrogens with zero attached hydrogens (tertiary/aromatic N) is 3. The molecule has 92 valence electrons. The highest BCUT2D eigenvalue weighted by Crippen LogP contribution is 2.19. The summed E-state index contributed by atoms with van der Waals surface area (Å²) in [6.07, 6.45) is 2.01. The van der Waals surface area contributed by atoms with Crippen molar-refractivity contribution in [3.05, 3.63) is 22.0 Å². The maximum atomic E-state index is 10.8. The smallest absolute Gasteiger partial charge is 0.363 e. The Morgan fingerprint density at radius 1 is 1.76 bits per heavy atom. The second-order valence-corrected chi connectivity index (χ2v) is 3.88. The zero-order chi connectivity index (χ0) is 12.4. The Kier molecular flexibility index (Phi) is 3.05. The van der Waals surface area contributed by atoms with Crippen LogP contribution in [0.2, 0.25) is 0 Å². The molecule has 1 fully saturated rings. The van der Waals surface area contributed by atoms with Crippen LogP contribution in [0, 0.1) is 16.0 Å². The second-order valence-electron chi connectivity index (χ2n) is 3.88. The van der Waals surface area contributed by atoms with Gasteiger partial charge in [-0.25, -0.2) is 4.79 Å². The van der Waals surface area contributed by atoms with E-state index in [1.807, 2.05) is 0 Å². The van der Waals surface area contributed by atoms with Crippen molar-refractivity contribution in [1.82, 2.24) is 9.78 Å². The number of aromatic nitrogens is 2. The predicted octanol–water partition coefficient (Wildman–Crippen LogP) is 0.526. The van der Waals surface area contributed by atoms with Gasteiger partial charge in [-0.2, -0.15) is 5.10 Å². The third kappa shape index (κ3) is 2.41. The van der Waals surface area contributed by atoms with Crippen molar-refractivity contribution in [2.24, 2.45) is 5.92 Å². The fourth-order valence-corrected chi connectivity index (χ4v) is 1.78. The third-order valence-corrected chi connectivity index (χ3v) is 2.61. The van der Waals surface area contributed by atoms with Crippen LogP contribution in [-0.2, 0) is 11.3 Å². The Labute approximate surface area is 95.9 Å². The average Bonchev–Trinajstić information content (AvgIpc) is 2.86. The van der Waals surface area contributed by atoms with Gasteiger partial charge in [0, 0.05) is 19.1 Å². The fraction of sp³-hybridized carbons (Fsp3) is 0.556. The molecule has 8 heteroatoms. The first-order valence-electron chi connectivity index (χ1n) is 5.11. The first kappa shape index (κ1) is 11.5. The van der Waals surface area contributed by atoms with E-state index in [0.717, 1.165) is 12.6 Å². The van der Waals surface area contributed by atoms with Crippen LogP contribution in [0.1, 0.15) is 16.9 Å². The van der Waals surface area contributed by atoms with E-state index in [4.69, 9.17) is 9.84 Å². The van der Waals surface area contributed by atoms with Crippen molar-refractivity contribution in [3.8, 4) is 0 Å². The highest BCUT2D eigenvalue weighted by atomic mass is 16.6. The number of aromatic carboxylic acids is 1. The van der Waals surface area contributed by atoms with Gasteiger partial charge in [-0.3, -0.25) is 14.8 Å². The first-order chi connectivity index (χ1) is 8.08. The van der Waals surface area contributed by atoms with E-state index < -0.39 is 22.3 Å². The number of hydrogen-bond donors (Lipinski definition) is 1. The molecule has 1 aliphatic rings. The van der Waals surface area contributed by atoms with Crippen molar-refractivity contribution >= 4 is 11.7 Å². The van der Waals surface area contributed by atoms with E-state index in [9.17, 15) is 14.9 Å². The van der Waals surface area contributed by atoms with Crippen LogP contribution in [0.3, 0.4) is 0 Å². The molecule has 1 aromatic rings. The lowest BCUT2D eigenvalue weighted by atomic mass is 10.1. The zero-order valence-corrected chi connectivity index (χ0v) is 8.90. The Bertz CT molecular complexity index is 418. The number of carbonyl (C=O) groups is 1. The molecule has 0 aromatic carbocycles. The Hall–Kier alpha value is -1.96. The fourth-order valence-electron chi connectivity index (χ4n) is 1.78. The van der Waals surface area contributed by atoms with Crippen LogP contribution in [-0.4, -0.2) is 39.0 Å². The Morgan fingerprint density at radius 2 is 2.53 bits per heavy atom. The monoisotopic (exact) mass is 241 g/mol.